The molecule has 0 amide bonds. The number of nitrogens with one attached hydrogen (secondary N) is 1. The highest BCUT2D eigenvalue weighted by atomic mass is 32.2. The van der Waals surface area contributed by atoms with Crippen LogP contribution in [0.25, 0.3) is 0 Å². The second-order valence-corrected chi connectivity index (χ2v) is 12.5. The summed E-state index contributed by atoms with van der Waals surface area (Å²) in [5, 5.41) is 10.3. The van der Waals surface area contributed by atoms with Gasteiger partial charge in [-0.3, -0.25) is 4.72 Å². The molecule has 3 aromatic rings. The molecular formula is C23H19F7N2O6S2. The summed E-state index contributed by atoms with van der Waals surface area (Å²) in [6, 6.07) is 5.41. The standard InChI is InChI=1S/C23H19F7N2O6S2/c1-12-2-4-13(5-3-12)40(36,37)32-11-20(14-6-7-22(33,10-18(14)32)23(28,29)30)39(34,35)31-17-8-16(25)19(9-15(17)24)38-21(26)27/h2-5,8-9,11,21,31,33H,6-7,10H2,1H3/t22-/m1/s1. The largest absolute Gasteiger partial charge is 0.432 e. The first kappa shape index (κ1) is 29.7. The maximum absolute atomic E-state index is 14.5. The number of ether oxygens (including phenoxy) is 1. The molecule has 0 fully saturated rings. The zero-order valence-corrected chi connectivity index (χ0v) is 21.8. The highest BCUT2D eigenvalue weighted by Gasteiger charge is 2.56. The van der Waals surface area contributed by atoms with Crippen LogP contribution in [-0.4, -0.2) is 44.3 Å². The van der Waals surface area contributed by atoms with Crippen molar-refractivity contribution in [3.63, 3.8) is 0 Å². The van der Waals surface area contributed by atoms with Crippen LogP contribution in [-0.2, 0) is 32.9 Å². The number of fused-ring (bicyclic) bond motifs is 1. The van der Waals surface area contributed by atoms with Gasteiger partial charge in [0.25, 0.3) is 20.0 Å². The molecule has 0 aliphatic heterocycles. The molecule has 0 saturated heterocycles. The van der Waals surface area contributed by atoms with Crippen LogP contribution in [0.15, 0.2) is 52.4 Å². The molecule has 4 rings (SSSR count). The molecular weight excluding hydrogens is 597 g/mol. The van der Waals surface area contributed by atoms with Crippen LogP contribution in [0.2, 0.25) is 0 Å². The minimum atomic E-state index is -5.20. The second kappa shape index (κ2) is 9.95. The van der Waals surface area contributed by atoms with E-state index in [1.807, 2.05) is 0 Å². The maximum Gasteiger partial charge on any atom is 0.417 e. The van der Waals surface area contributed by atoms with Crippen LogP contribution < -0.4 is 9.46 Å². The zero-order valence-electron chi connectivity index (χ0n) is 20.1. The summed E-state index contributed by atoms with van der Waals surface area (Å²) in [4.78, 5) is -1.29. The van der Waals surface area contributed by atoms with Gasteiger partial charge in [0.15, 0.2) is 23.0 Å². The Hall–Kier alpha value is -3.31. The molecule has 2 aromatic carbocycles. The molecule has 1 atom stereocenters. The summed E-state index contributed by atoms with van der Waals surface area (Å²) in [6.07, 6.45) is -7.80. The molecule has 0 unspecified atom stereocenters. The molecule has 2 N–H and O–H groups in total. The molecule has 1 heterocycles. The lowest BCUT2D eigenvalue weighted by molar-refractivity contribution is -0.263. The molecule has 0 saturated carbocycles. The molecule has 8 nitrogen and oxygen atoms in total. The molecule has 1 aliphatic carbocycles. The van der Waals surface area contributed by atoms with Gasteiger partial charge in [-0.2, -0.15) is 22.0 Å². The van der Waals surface area contributed by atoms with Gasteiger partial charge in [0.2, 0.25) is 0 Å². The van der Waals surface area contributed by atoms with E-state index in [-0.39, 0.29) is 12.1 Å². The van der Waals surface area contributed by atoms with Gasteiger partial charge in [0.05, 0.1) is 10.6 Å². The Morgan fingerprint density at radius 3 is 2.25 bits per heavy atom. The van der Waals surface area contributed by atoms with E-state index in [1.165, 1.54) is 12.1 Å². The average Bonchev–Trinajstić information content (AvgIpc) is 3.22. The number of sulfonamides is 1. The number of aliphatic hydroxyl groups is 1. The SMILES string of the molecule is Cc1ccc(S(=O)(=O)n2cc(S(=O)(=O)Nc3cc(F)c(OC(F)F)cc3F)c3c2C[C@@](O)(C(F)(F)F)CC3)cc1. The summed E-state index contributed by atoms with van der Waals surface area (Å²) in [7, 11) is -9.74. The zero-order chi connectivity index (χ0) is 29.8. The predicted molar refractivity (Wildman–Crippen MR) is 125 cm³/mol. The minimum Gasteiger partial charge on any atom is -0.432 e. The number of rotatable bonds is 7. The van der Waals surface area contributed by atoms with E-state index in [1.54, 1.807) is 11.6 Å². The molecule has 0 spiro atoms. The third-order valence-corrected chi connectivity index (χ3v) is 9.40. The van der Waals surface area contributed by atoms with Gasteiger partial charge in [-0.1, -0.05) is 17.7 Å². The second-order valence-electron chi connectivity index (χ2n) is 8.99. The minimum absolute atomic E-state index is 0.144. The highest BCUT2D eigenvalue weighted by Crippen LogP contribution is 2.44. The Bertz CT molecular complexity index is 1670. The monoisotopic (exact) mass is 616 g/mol. The molecule has 0 bridgehead atoms. The smallest absolute Gasteiger partial charge is 0.417 e. The fraction of sp³-hybridized carbons (Fsp3) is 0.304. The van der Waals surface area contributed by atoms with Gasteiger partial charge in [0.1, 0.15) is 4.90 Å². The van der Waals surface area contributed by atoms with Crippen molar-refractivity contribution >= 4 is 25.7 Å². The molecule has 40 heavy (non-hydrogen) atoms. The van der Waals surface area contributed by atoms with Gasteiger partial charge >= 0.3 is 12.8 Å². The Labute approximate surface area is 223 Å². The number of benzene rings is 2. The lowest BCUT2D eigenvalue weighted by Crippen LogP contribution is -2.50. The number of halogens is 7. The summed E-state index contributed by atoms with van der Waals surface area (Å²) < 4.78 is 153. The Kier molecular flexibility index (Phi) is 7.38. The Morgan fingerprint density at radius 2 is 1.68 bits per heavy atom. The third-order valence-electron chi connectivity index (χ3n) is 6.27. The van der Waals surface area contributed by atoms with Crippen LogP contribution in [0.5, 0.6) is 5.75 Å². The third kappa shape index (κ3) is 5.36. The van der Waals surface area contributed by atoms with Crippen LogP contribution in [0.1, 0.15) is 23.2 Å². The van der Waals surface area contributed by atoms with Crippen molar-refractivity contribution in [1.29, 1.82) is 0 Å². The van der Waals surface area contributed by atoms with Gasteiger partial charge < -0.3 is 9.84 Å². The van der Waals surface area contributed by atoms with Crippen molar-refractivity contribution in [3.05, 3.63) is 71.1 Å². The van der Waals surface area contributed by atoms with E-state index in [2.05, 4.69) is 4.74 Å². The van der Waals surface area contributed by atoms with E-state index in [4.69, 9.17) is 0 Å². The van der Waals surface area contributed by atoms with Crippen molar-refractivity contribution < 1.29 is 57.4 Å². The number of alkyl halides is 5. The maximum atomic E-state index is 14.5. The Balaban J connectivity index is 1.85. The molecule has 218 valence electrons. The number of aromatic nitrogens is 1. The van der Waals surface area contributed by atoms with Crippen molar-refractivity contribution in [3.8, 4) is 5.75 Å². The average molecular weight is 617 g/mol. The van der Waals surface area contributed by atoms with E-state index in [0.717, 1.165) is 12.1 Å². The normalized spacial score (nSPS) is 18.1. The van der Waals surface area contributed by atoms with Gasteiger partial charge in [-0.15, -0.1) is 0 Å². The number of aryl methyl sites for hydroxylation is 1. The first-order valence-electron chi connectivity index (χ1n) is 11.2. The van der Waals surface area contributed by atoms with Crippen molar-refractivity contribution in [1.82, 2.24) is 3.97 Å². The van der Waals surface area contributed by atoms with Crippen molar-refractivity contribution in [2.45, 2.75) is 54.4 Å². The lowest BCUT2D eigenvalue weighted by atomic mass is 9.83. The number of hydrogen-bond acceptors (Lipinski definition) is 6. The van der Waals surface area contributed by atoms with Crippen molar-refractivity contribution in [2.24, 2.45) is 0 Å². The number of anilines is 1. The highest BCUT2D eigenvalue weighted by molar-refractivity contribution is 7.93. The van der Waals surface area contributed by atoms with E-state index in [9.17, 15) is 52.7 Å². The first-order valence-corrected chi connectivity index (χ1v) is 14.1. The fourth-order valence-corrected chi connectivity index (χ4v) is 7.02. The number of nitrogens with zero attached hydrogens (tertiary/aromatic N) is 1. The quantitative estimate of drug-likeness (QED) is 0.378. The van der Waals surface area contributed by atoms with Crippen LogP contribution in [0, 0.1) is 18.6 Å². The van der Waals surface area contributed by atoms with Gasteiger partial charge in [-0.25, -0.2) is 29.6 Å². The Morgan fingerprint density at radius 1 is 1.05 bits per heavy atom. The van der Waals surface area contributed by atoms with Crippen LogP contribution in [0.4, 0.5) is 36.4 Å². The topological polar surface area (TPSA) is 115 Å². The first-order chi connectivity index (χ1) is 18.4. The summed E-state index contributed by atoms with van der Waals surface area (Å²) >= 11 is 0. The molecule has 17 heteroatoms. The predicted octanol–water partition coefficient (Wildman–Crippen LogP) is 4.50. The summed E-state index contributed by atoms with van der Waals surface area (Å²) in [6.45, 7) is -1.88. The van der Waals surface area contributed by atoms with Crippen LogP contribution in [0.3, 0.4) is 0 Å². The summed E-state index contributed by atoms with van der Waals surface area (Å²) in [5.74, 6) is -4.35. The number of hydrogen-bond donors (Lipinski definition) is 2. The van der Waals surface area contributed by atoms with E-state index in [0.29, 0.717) is 15.7 Å². The van der Waals surface area contributed by atoms with E-state index < -0.39 is 102 Å². The van der Waals surface area contributed by atoms with Gasteiger partial charge in [-0.05, 0) is 37.5 Å². The van der Waals surface area contributed by atoms with Gasteiger partial charge in [0, 0.05) is 30.4 Å². The molecule has 0 radical (unpaired) electrons. The van der Waals surface area contributed by atoms with Crippen molar-refractivity contribution in [2.75, 3.05) is 4.72 Å². The fourth-order valence-electron chi connectivity index (χ4n) is 4.19. The van der Waals surface area contributed by atoms with Crippen LogP contribution >= 0.6 is 0 Å². The summed E-state index contributed by atoms with van der Waals surface area (Å²) in [5.41, 5.74) is -4.91. The molecule has 1 aromatic heterocycles. The van der Waals surface area contributed by atoms with E-state index >= 15 is 0 Å². The lowest BCUT2D eigenvalue weighted by Gasteiger charge is -2.34. The molecule has 1 aliphatic rings.